The minimum absolute atomic E-state index is 0.0292. The van der Waals surface area contributed by atoms with Crippen LogP contribution in [0.3, 0.4) is 0 Å². The van der Waals surface area contributed by atoms with E-state index in [1.165, 1.54) is 0 Å². The Hall–Kier alpha value is -1.69. The molecule has 1 saturated heterocycles. The minimum Gasteiger partial charge on any atom is -0.384 e. The minimum atomic E-state index is 0.0292. The summed E-state index contributed by atoms with van der Waals surface area (Å²) in [4.78, 5) is 2.12. The Morgan fingerprint density at radius 3 is 3.21 bits per heavy atom. The number of hydrogen-bond acceptors (Lipinski definition) is 5. The van der Waals surface area contributed by atoms with Gasteiger partial charge in [-0.1, -0.05) is 6.92 Å². The van der Waals surface area contributed by atoms with Crippen LogP contribution in [0.25, 0.3) is 0 Å². The lowest BCUT2D eigenvalue weighted by atomic mass is 10.1. The van der Waals surface area contributed by atoms with E-state index in [-0.39, 0.29) is 11.9 Å². The van der Waals surface area contributed by atoms with Gasteiger partial charge in [0.1, 0.15) is 5.84 Å². The lowest BCUT2D eigenvalue weighted by molar-refractivity contribution is 0.0439. The molecule has 0 aliphatic carbocycles. The van der Waals surface area contributed by atoms with E-state index in [1.54, 1.807) is 12.3 Å². The van der Waals surface area contributed by atoms with Crippen molar-refractivity contribution >= 4 is 11.7 Å². The van der Waals surface area contributed by atoms with E-state index in [9.17, 15) is 0 Å². The second-order valence-corrected chi connectivity index (χ2v) is 4.76. The smallest absolute Gasteiger partial charge is 0.162 e. The molecule has 2 heterocycles. The van der Waals surface area contributed by atoms with E-state index in [2.05, 4.69) is 22.0 Å². The number of ether oxygens (including phenoxy) is 1. The van der Waals surface area contributed by atoms with Crippen LogP contribution in [0.1, 0.15) is 31.7 Å². The molecule has 104 valence electrons. The molecule has 1 aromatic rings. The number of anilines is 1. The SMILES string of the molecule is CCCOC1CCCN(c2nnccc2C(=N)N)C1. The highest BCUT2D eigenvalue weighted by atomic mass is 16.5. The lowest BCUT2D eigenvalue weighted by Gasteiger charge is -2.33. The van der Waals surface area contributed by atoms with Gasteiger partial charge in [-0.05, 0) is 25.3 Å². The highest BCUT2D eigenvalue weighted by Crippen LogP contribution is 2.22. The molecule has 0 bridgehead atoms. The monoisotopic (exact) mass is 263 g/mol. The highest BCUT2D eigenvalue weighted by Gasteiger charge is 2.23. The molecule has 1 aliphatic heterocycles. The lowest BCUT2D eigenvalue weighted by Crippen LogP contribution is -2.41. The molecule has 1 fully saturated rings. The molecule has 1 aromatic heterocycles. The van der Waals surface area contributed by atoms with E-state index in [0.717, 1.165) is 39.0 Å². The van der Waals surface area contributed by atoms with Gasteiger partial charge in [0.2, 0.25) is 0 Å². The topological polar surface area (TPSA) is 88.1 Å². The van der Waals surface area contributed by atoms with Crippen molar-refractivity contribution in [3.63, 3.8) is 0 Å². The number of hydrogen-bond donors (Lipinski definition) is 2. The summed E-state index contributed by atoms with van der Waals surface area (Å²) in [6.45, 7) is 4.60. The average molecular weight is 263 g/mol. The van der Waals surface area contributed by atoms with Crippen molar-refractivity contribution < 1.29 is 4.74 Å². The Morgan fingerprint density at radius 1 is 1.63 bits per heavy atom. The molecule has 0 aromatic carbocycles. The summed E-state index contributed by atoms with van der Waals surface area (Å²) in [6, 6.07) is 1.74. The van der Waals surface area contributed by atoms with Crippen LogP contribution >= 0.6 is 0 Å². The van der Waals surface area contributed by atoms with Gasteiger partial charge in [0.25, 0.3) is 0 Å². The molecule has 1 aliphatic rings. The van der Waals surface area contributed by atoms with E-state index in [1.807, 2.05) is 0 Å². The zero-order valence-corrected chi connectivity index (χ0v) is 11.3. The molecule has 1 atom stereocenters. The maximum absolute atomic E-state index is 7.61. The molecule has 0 spiro atoms. The van der Waals surface area contributed by atoms with Gasteiger partial charge in [0, 0.05) is 19.7 Å². The zero-order valence-electron chi connectivity index (χ0n) is 11.3. The largest absolute Gasteiger partial charge is 0.384 e. The Morgan fingerprint density at radius 2 is 2.47 bits per heavy atom. The quantitative estimate of drug-likeness (QED) is 0.614. The standard InChI is InChI=1S/C13H21N5O/c1-2-8-19-10-4-3-7-18(9-10)13-11(12(14)15)5-6-16-17-13/h5-6,10H,2-4,7-9H2,1H3,(H3,14,15). The van der Waals surface area contributed by atoms with Crippen molar-refractivity contribution in [2.45, 2.75) is 32.3 Å². The number of nitrogens with two attached hydrogens (primary N) is 1. The van der Waals surface area contributed by atoms with Gasteiger partial charge in [0.15, 0.2) is 5.82 Å². The Balaban J connectivity index is 2.11. The van der Waals surface area contributed by atoms with E-state index < -0.39 is 0 Å². The Labute approximate surface area is 113 Å². The fraction of sp³-hybridized carbons (Fsp3) is 0.615. The Kier molecular flexibility index (Phi) is 4.68. The fourth-order valence-electron chi connectivity index (χ4n) is 2.32. The molecule has 0 radical (unpaired) electrons. The summed E-state index contributed by atoms with van der Waals surface area (Å²) >= 11 is 0. The molecule has 0 amide bonds. The predicted molar refractivity (Wildman–Crippen MR) is 74.5 cm³/mol. The molecule has 0 saturated carbocycles. The summed E-state index contributed by atoms with van der Waals surface area (Å²) in [5.74, 6) is 0.723. The van der Waals surface area contributed by atoms with Crippen molar-refractivity contribution in [3.8, 4) is 0 Å². The van der Waals surface area contributed by atoms with Crippen molar-refractivity contribution in [1.82, 2.24) is 10.2 Å². The van der Waals surface area contributed by atoms with Gasteiger partial charge < -0.3 is 15.4 Å². The first kappa shape index (κ1) is 13.7. The van der Waals surface area contributed by atoms with Crippen LogP contribution in [-0.2, 0) is 4.74 Å². The number of nitrogens with one attached hydrogen (secondary N) is 1. The van der Waals surface area contributed by atoms with Gasteiger partial charge in [0.05, 0.1) is 17.9 Å². The summed E-state index contributed by atoms with van der Waals surface area (Å²) in [6.07, 6.45) is 4.96. The zero-order chi connectivity index (χ0) is 13.7. The van der Waals surface area contributed by atoms with Crippen LogP contribution < -0.4 is 10.6 Å². The first-order valence-corrected chi connectivity index (χ1v) is 6.75. The van der Waals surface area contributed by atoms with Gasteiger partial charge in [-0.3, -0.25) is 5.41 Å². The molecule has 6 heteroatoms. The number of nitrogen functional groups attached to an aromatic ring is 1. The van der Waals surface area contributed by atoms with Crippen LogP contribution in [0, 0.1) is 5.41 Å². The molecule has 2 rings (SSSR count). The van der Waals surface area contributed by atoms with E-state index in [0.29, 0.717) is 11.4 Å². The maximum Gasteiger partial charge on any atom is 0.162 e. The van der Waals surface area contributed by atoms with E-state index >= 15 is 0 Å². The number of piperidine rings is 1. The van der Waals surface area contributed by atoms with Crippen LogP contribution in [0.15, 0.2) is 12.3 Å². The number of nitrogens with zero attached hydrogens (tertiary/aromatic N) is 3. The second-order valence-electron chi connectivity index (χ2n) is 4.76. The normalized spacial score (nSPS) is 19.4. The highest BCUT2D eigenvalue weighted by molar-refractivity contribution is 5.99. The number of rotatable bonds is 5. The molecule has 3 N–H and O–H groups in total. The molecule has 6 nitrogen and oxygen atoms in total. The van der Waals surface area contributed by atoms with Crippen molar-refractivity contribution in [1.29, 1.82) is 5.41 Å². The Bertz CT molecular complexity index is 437. The average Bonchev–Trinajstić information content (AvgIpc) is 2.45. The van der Waals surface area contributed by atoms with Gasteiger partial charge >= 0.3 is 0 Å². The van der Waals surface area contributed by atoms with Crippen LogP contribution in [0.4, 0.5) is 5.82 Å². The van der Waals surface area contributed by atoms with E-state index in [4.69, 9.17) is 15.9 Å². The molecular weight excluding hydrogens is 242 g/mol. The molecule has 1 unspecified atom stereocenters. The number of amidine groups is 1. The van der Waals surface area contributed by atoms with Crippen molar-refractivity contribution in [3.05, 3.63) is 17.8 Å². The fourth-order valence-corrected chi connectivity index (χ4v) is 2.32. The number of aromatic nitrogens is 2. The summed E-state index contributed by atoms with van der Waals surface area (Å²) < 4.78 is 5.81. The maximum atomic E-state index is 7.61. The first-order chi connectivity index (χ1) is 9.22. The van der Waals surface area contributed by atoms with Crippen LogP contribution in [0.5, 0.6) is 0 Å². The summed E-state index contributed by atoms with van der Waals surface area (Å²) in [5, 5.41) is 15.7. The molecular formula is C13H21N5O. The third kappa shape index (κ3) is 3.41. The third-order valence-corrected chi connectivity index (χ3v) is 3.23. The third-order valence-electron chi connectivity index (χ3n) is 3.23. The summed E-state index contributed by atoms with van der Waals surface area (Å²) in [5.41, 5.74) is 6.24. The van der Waals surface area contributed by atoms with Gasteiger partial charge in [-0.15, -0.1) is 5.10 Å². The predicted octanol–water partition coefficient (Wildman–Crippen LogP) is 1.16. The van der Waals surface area contributed by atoms with Crippen LogP contribution in [-0.4, -0.2) is 41.8 Å². The van der Waals surface area contributed by atoms with Crippen LogP contribution in [0.2, 0.25) is 0 Å². The van der Waals surface area contributed by atoms with Gasteiger partial charge in [-0.25, -0.2) is 0 Å². The van der Waals surface area contributed by atoms with Crippen molar-refractivity contribution in [2.24, 2.45) is 5.73 Å². The van der Waals surface area contributed by atoms with Gasteiger partial charge in [-0.2, -0.15) is 5.10 Å². The first-order valence-electron chi connectivity index (χ1n) is 6.75. The summed E-state index contributed by atoms with van der Waals surface area (Å²) in [7, 11) is 0. The van der Waals surface area contributed by atoms with Crippen molar-refractivity contribution in [2.75, 3.05) is 24.6 Å². The second kappa shape index (κ2) is 6.47. The molecule has 19 heavy (non-hydrogen) atoms.